The number of esters is 1. The highest BCUT2D eigenvalue weighted by Crippen LogP contribution is 2.26. The van der Waals surface area contributed by atoms with E-state index in [2.05, 4.69) is 9.64 Å². The van der Waals surface area contributed by atoms with Crippen molar-refractivity contribution in [2.75, 3.05) is 20.7 Å². The maximum Gasteiger partial charge on any atom is 0.305 e. The fourth-order valence-corrected chi connectivity index (χ4v) is 4.29. The number of ether oxygens (including phenoxy) is 1. The van der Waals surface area contributed by atoms with Gasteiger partial charge < -0.3 is 9.64 Å². The Balaban J connectivity index is 1.90. The number of methoxy groups -OCH3 is 1. The summed E-state index contributed by atoms with van der Waals surface area (Å²) < 4.78 is 35.3. The Morgan fingerprint density at radius 1 is 1.26 bits per heavy atom. The van der Waals surface area contributed by atoms with Gasteiger partial charge in [-0.25, -0.2) is 0 Å². The number of carbonyl (C=O) groups is 1. The number of benzene rings is 1. The number of unbranched alkanes of at least 4 members (excludes halogenated alkanes) is 1. The van der Waals surface area contributed by atoms with Gasteiger partial charge in [0.1, 0.15) is 0 Å². The zero-order valence-corrected chi connectivity index (χ0v) is 17.1. The molecule has 27 heavy (non-hydrogen) atoms. The largest absolute Gasteiger partial charge is 0.469 e. The van der Waals surface area contributed by atoms with Crippen LogP contribution in [-0.4, -0.2) is 52.1 Å². The van der Waals surface area contributed by atoms with Gasteiger partial charge in [0, 0.05) is 19.0 Å². The number of allylic oxidation sites excluding steroid dienone is 1. The summed E-state index contributed by atoms with van der Waals surface area (Å²) in [6.07, 6.45) is 7.04. The first-order valence-electron chi connectivity index (χ1n) is 9.25. The third-order valence-electron chi connectivity index (χ3n) is 4.85. The quantitative estimate of drug-likeness (QED) is 0.277. The maximum atomic E-state index is 12.6. The molecule has 0 saturated carbocycles. The molecule has 1 aromatic rings. The standard InChI is InChI=1S/C20H29NO5S/c1-16-10-12-17(13-11-16)27(23,24)26-19-14-15-21(2)18(19)8-6-4-5-7-9-20(22)25-3/h4,6,10-13,18-19H,5,7-9,14-15H2,1-3H3/b6-4-/t18-,19-/m0/s1. The lowest BCUT2D eigenvalue weighted by Gasteiger charge is -2.23. The van der Waals surface area contributed by atoms with Crippen LogP contribution in [0.2, 0.25) is 0 Å². The number of carbonyl (C=O) groups excluding carboxylic acids is 1. The van der Waals surface area contributed by atoms with Gasteiger partial charge in [0.25, 0.3) is 10.1 Å². The number of hydrogen-bond donors (Lipinski definition) is 0. The molecule has 0 bridgehead atoms. The summed E-state index contributed by atoms with van der Waals surface area (Å²) in [6.45, 7) is 2.71. The maximum absolute atomic E-state index is 12.6. The second-order valence-corrected chi connectivity index (χ2v) is 8.49. The van der Waals surface area contributed by atoms with Crippen molar-refractivity contribution in [3.05, 3.63) is 42.0 Å². The molecule has 0 radical (unpaired) electrons. The molecule has 0 amide bonds. The summed E-state index contributed by atoms with van der Waals surface area (Å²) in [5.74, 6) is -0.200. The van der Waals surface area contributed by atoms with Gasteiger partial charge in [0.15, 0.2) is 0 Å². The van der Waals surface area contributed by atoms with Gasteiger partial charge in [-0.3, -0.25) is 8.98 Å². The highest BCUT2D eigenvalue weighted by molar-refractivity contribution is 7.86. The predicted octanol–water partition coefficient (Wildman–Crippen LogP) is 3.06. The van der Waals surface area contributed by atoms with Crippen LogP contribution in [0, 0.1) is 6.92 Å². The van der Waals surface area contributed by atoms with E-state index >= 15 is 0 Å². The predicted molar refractivity (Wildman–Crippen MR) is 104 cm³/mol. The van der Waals surface area contributed by atoms with E-state index in [0.29, 0.717) is 19.3 Å². The monoisotopic (exact) mass is 395 g/mol. The van der Waals surface area contributed by atoms with Gasteiger partial charge in [0.2, 0.25) is 0 Å². The normalized spacial score (nSPS) is 21.0. The van der Waals surface area contributed by atoms with Gasteiger partial charge >= 0.3 is 5.97 Å². The molecule has 1 aliphatic rings. The molecule has 1 aromatic carbocycles. The first kappa shape index (κ1) is 21.6. The molecule has 1 aliphatic heterocycles. The highest BCUT2D eigenvalue weighted by Gasteiger charge is 2.35. The topological polar surface area (TPSA) is 72.9 Å². The average molecular weight is 396 g/mol. The summed E-state index contributed by atoms with van der Waals surface area (Å²) in [7, 11) is -0.399. The van der Waals surface area contributed by atoms with Crippen LogP contribution in [0.1, 0.15) is 37.7 Å². The fourth-order valence-electron chi connectivity index (χ4n) is 3.16. The molecule has 6 nitrogen and oxygen atoms in total. The third kappa shape index (κ3) is 6.45. The van der Waals surface area contributed by atoms with Crippen LogP contribution in [0.4, 0.5) is 0 Å². The summed E-state index contributed by atoms with van der Waals surface area (Å²) in [6, 6.07) is 6.72. The van der Waals surface area contributed by atoms with Gasteiger partial charge in [-0.15, -0.1) is 0 Å². The summed E-state index contributed by atoms with van der Waals surface area (Å²) >= 11 is 0. The summed E-state index contributed by atoms with van der Waals surface area (Å²) in [4.78, 5) is 13.4. The first-order valence-corrected chi connectivity index (χ1v) is 10.7. The Bertz CT molecular complexity index is 742. The number of likely N-dealkylation sites (N-methyl/N-ethyl adjacent to an activating group) is 1. The van der Waals surface area contributed by atoms with Crippen LogP contribution in [0.25, 0.3) is 0 Å². The van der Waals surface area contributed by atoms with E-state index in [1.807, 2.05) is 26.1 Å². The van der Waals surface area contributed by atoms with Crippen LogP contribution in [-0.2, 0) is 23.8 Å². The van der Waals surface area contributed by atoms with E-state index in [4.69, 9.17) is 4.18 Å². The molecule has 0 unspecified atom stereocenters. The number of nitrogens with zero attached hydrogens (tertiary/aromatic N) is 1. The lowest BCUT2D eigenvalue weighted by atomic mass is 10.1. The molecule has 1 fully saturated rings. The molecule has 0 aromatic heterocycles. The van der Waals surface area contributed by atoms with Crippen molar-refractivity contribution in [1.29, 1.82) is 0 Å². The minimum Gasteiger partial charge on any atom is -0.469 e. The highest BCUT2D eigenvalue weighted by atomic mass is 32.2. The Morgan fingerprint density at radius 3 is 2.63 bits per heavy atom. The van der Waals surface area contributed by atoms with Crippen LogP contribution in [0.5, 0.6) is 0 Å². The molecule has 0 N–H and O–H groups in total. The average Bonchev–Trinajstić information content (AvgIpc) is 2.97. The van der Waals surface area contributed by atoms with Gasteiger partial charge in [0.05, 0.1) is 18.1 Å². The SMILES string of the molecule is COC(=O)CCC/C=C\C[C@H]1[C@@H](OS(=O)(=O)c2ccc(C)cc2)CCN1C. The van der Waals surface area contributed by atoms with E-state index < -0.39 is 10.1 Å². The molecule has 2 atom stereocenters. The molecule has 0 aliphatic carbocycles. The lowest BCUT2D eigenvalue weighted by molar-refractivity contribution is -0.140. The van der Waals surface area contributed by atoms with Crippen molar-refractivity contribution in [3.8, 4) is 0 Å². The number of aryl methyl sites for hydroxylation is 1. The van der Waals surface area contributed by atoms with Crippen molar-refractivity contribution in [2.24, 2.45) is 0 Å². The molecular weight excluding hydrogens is 366 g/mol. The molecule has 7 heteroatoms. The van der Waals surface area contributed by atoms with Crippen LogP contribution in [0.3, 0.4) is 0 Å². The van der Waals surface area contributed by atoms with Crippen LogP contribution >= 0.6 is 0 Å². The number of rotatable bonds is 9. The van der Waals surface area contributed by atoms with Gasteiger partial charge in [-0.2, -0.15) is 8.42 Å². The van der Waals surface area contributed by atoms with Crippen molar-refractivity contribution >= 4 is 16.1 Å². The minimum absolute atomic E-state index is 0.0158. The van der Waals surface area contributed by atoms with E-state index in [1.54, 1.807) is 24.3 Å². The van der Waals surface area contributed by atoms with Crippen LogP contribution in [0.15, 0.2) is 41.3 Å². The molecule has 0 spiro atoms. The molecule has 1 saturated heterocycles. The molecule has 2 rings (SSSR count). The third-order valence-corrected chi connectivity index (χ3v) is 6.20. The van der Waals surface area contributed by atoms with Gasteiger partial charge in [-0.1, -0.05) is 29.8 Å². The van der Waals surface area contributed by atoms with E-state index in [1.165, 1.54) is 7.11 Å². The van der Waals surface area contributed by atoms with E-state index in [-0.39, 0.29) is 23.0 Å². The Kier molecular flexibility index (Phi) is 8.01. The first-order chi connectivity index (χ1) is 12.8. The molecular formula is C20H29NO5S. The van der Waals surface area contributed by atoms with Crippen molar-refractivity contribution in [3.63, 3.8) is 0 Å². The second-order valence-electron chi connectivity index (χ2n) is 6.91. The molecule has 1 heterocycles. The minimum atomic E-state index is -3.77. The summed E-state index contributed by atoms with van der Waals surface area (Å²) in [5, 5.41) is 0. The Labute approximate surface area is 162 Å². The summed E-state index contributed by atoms with van der Waals surface area (Å²) in [5.41, 5.74) is 1.00. The lowest BCUT2D eigenvalue weighted by Crippen LogP contribution is -2.34. The van der Waals surface area contributed by atoms with E-state index in [0.717, 1.165) is 24.9 Å². The zero-order valence-electron chi connectivity index (χ0n) is 16.3. The fraction of sp³-hybridized carbons (Fsp3) is 0.550. The van der Waals surface area contributed by atoms with Gasteiger partial charge in [-0.05, 0) is 51.8 Å². The molecule has 150 valence electrons. The number of hydrogen-bond acceptors (Lipinski definition) is 6. The van der Waals surface area contributed by atoms with Crippen molar-refractivity contribution in [2.45, 2.75) is 56.1 Å². The van der Waals surface area contributed by atoms with E-state index in [9.17, 15) is 13.2 Å². The Morgan fingerprint density at radius 2 is 1.96 bits per heavy atom. The zero-order chi connectivity index (χ0) is 19.9. The second kappa shape index (κ2) is 10.0. The number of likely N-dealkylation sites (tertiary alicyclic amines) is 1. The Hall–Kier alpha value is -1.70. The van der Waals surface area contributed by atoms with Crippen LogP contribution < -0.4 is 0 Å². The van der Waals surface area contributed by atoms with Crippen molar-refractivity contribution < 1.29 is 22.1 Å². The smallest absolute Gasteiger partial charge is 0.305 e. The van der Waals surface area contributed by atoms with Crippen molar-refractivity contribution in [1.82, 2.24) is 4.90 Å².